The van der Waals surface area contributed by atoms with Crippen LogP contribution >= 0.6 is 0 Å². The maximum absolute atomic E-state index is 10.2. The van der Waals surface area contributed by atoms with Gasteiger partial charge in [0.05, 0.1) is 13.2 Å². The zero-order valence-electron chi connectivity index (χ0n) is 11.5. The first-order valence-corrected chi connectivity index (χ1v) is 5.78. The van der Waals surface area contributed by atoms with Gasteiger partial charge in [0.2, 0.25) is 0 Å². The average molecular weight is 234 g/mol. The molecule has 0 aliphatic heterocycles. The smallest absolute Gasteiger partial charge is 0.305 e. The van der Waals surface area contributed by atoms with Gasteiger partial charge in [0, 0.05) is 13.3 Å². The second-order valence-electron chi connectivity index (χ2n) is 2.79. The molecule has 0 aromatic heterocycles. The van der Waals surface area contributed by atoms with Crippen LogP contribution in [0.2, 0.25) is 0 Å². The Bertz CT molecular complexity index is 155. The third kappa shape index (κ3) is 38.3. The lowest BCUT2D eigenvalue weighted by Gasteiger charge is -1.93. The van der Waals surface area contributed by atoms with Crippen LogP contribution in [-0.4, -0.2) is 25.2 Å². The lowest BCUT2D eigenvalue weighted by Crippen LogP contribution is -2.00. The molecule has 0 heterocycles. The van der Waals surface area contributed by atoms with E-state index in [4.69, 9.17) is 0 Å². The van der Waals surface area contributed by atoms with Crippen molar-refractivity contribution in [1.29, 1.82) is 0 Å². The number of carbonyl (C=O) groups is 2. The van der Waals surface area contributed by atoms with Gasteiger partial charge in [0.1, 0.15) is 0 Å². The molecule has 0 fully saturated rings. The Kier molecular flexibility index (Phi) is 24.8. The van der Waals surface area contributed by atoms with Gasteiger partial charge in [-0.25, -0.2) is 0 Å². The van der Waals surface area contributed by atoms with Crippen molar-refractivity contribution in [3.63, 3.8) is 0 Å². The maximum Gasteiger partial charge on any atom is 0.305 e. The van der Waals surface area contributed by atoms with Crippen molar-refractivity contribution in [2.75, 3.05) is 13.2 Å². The number of carbonyl (C=O) groups excluding carboxylic acids is 2. The summed E-state index contributed by atoms with van der Waals surface area (Å²) in [5.74, 6) is -0.333. The van der Waals surface area contributed by atoms with E-state index in [1.807, 2.05) is 0 Å². The fraction of sp³-hybridized carbons (Fsp3) is 0.833. The Morgan fingerprint density at radius 1 is 0.875 bits per heavy atom. The lowest BCUT2D eigenvalue weighted by molar-refractivity contribution is -0.143. The minimum atomic E-state index is -0.211. The van der Waals surface area contributed by atoms with Gasteiger partial charge < -0.3 is 9.47 Å². The lowest BCUT2D eigenvalue weighted by atomic mass is 10.5. The summed E-state index contributed by atoms with van der Waals surface area (Å²) in [6.45, 7) is 12.0. The molecular weight excluding hydrogens is 208 g/mol. The molecule has 0 aliphatic carbocycles. The van der Waals surface area contributed by atoms with Crippen molar-refractivity contribution < 1.29 is 19.1 Å². The molecule has 16 heavy (non-hydrogen) atoms. The largest absolute Gasteiger partial charge is 0.466 e. The minimum Gasteiger partial charge on any atom is -0.466 e. The van der Waals surface area contributed by atoms with Crippen molar-refractivity contribution in [2.24, 2.45) is 0 Å². The van der Waals surface area contributed by atoms with Crippen LogP contribution in [0, 0.1) is 0 Å². The second-order valence-corrected chi connectivity index (χ2v) is 2.79. The average Bonchev–Trinajstić information content (AvgIpc) is 2.20. The van der Waals surface area contributed by atoms with Crippen LogP contribution in [-0.2, 0) is 19.1 Å². The standard InChI is InChI=1S/C5H10O2.C4H8O2.C3H8/c1-3-5(6)7-4-2;1-3-6-4(2)5;1-3-2/h3-4H2,1-2H3;3H2,1-2H3;3H2,1-2H3. The SMILES string of the molecule is CCC.CCOC(=O)CC.CCOC(C)=O. The first kappa shape index (κ1) is 20.4. The molecule has 0 atom stereocenters. The fourth-order valence-corrected chi connectivity index (χ4v) is 0.466. The van der Waals surface area contributed by atoms with Crippen LogP contribution in [0.5, 0.6) is 0 Å². The molecule has 0 aliphatic rings. The highest BCUT2D eigenvalue weighted by molar-refractivity contribution is 5.68. The summed E-state index contributed by atoms with van der Waals surface area (Å²) in [4.78, 5) is 20.0. The quantitative estimate of drug-likeness (QED) is 0.704. The van der Waals surface area contributed by atoms with Gasteiger partial charge in [-0.15, -0.1) is 0 Å². The van der Waals surface area contributed by atoms with Crippen molar-refractivity contribution >= 4 is 11.9 Å². The normalized spacial score (nSPS) is 7.62. The van der Waals surface area contributed by atoms with Crippen LogP contribution in [0.1, 0.15) is 54.4 Å². The van der Waals surface area contributed by atoms with E-state index in [2.05, 4.69) is 23.3 Å². The van der Waals surface area contributed by atoms with Crippen molar-refractivity contribution in [3.8, 4) is 0 Å². The van der Waals surface area contributed by atoms with E-state index in [-0.39, 0.29) is 11.9 Å². The number of hydrogen-bond donors (Lipinski definition) is 0. The Labute approximate surface area is 99.3 Å². The fourth-order valence-electron chi connectivity index (χ4n) is 0.466. The topological polar surface area (TPSA) is 52.6 Å². The molecule has 0 unspecified atom stereocenters. The van der Waals surface area contributed by atoms with Crippen molar-refractivity contribution in [2.45, 2.75) is 54.4 Å². The van der Waals surface area contributed by atoms with E-state index >= 15 is 0 Å². The van der Waals surface area contributed by atoms with Crippen molar-refractivity contribution in [3.05, 3.63) is 0 Å². The van der Waals surface area contributed by atoms with E-state index < -0.39 is 0 Å². The second kappa shape index (κ2) is 19.5. The molecule has 0 spiro atoms. The summed E-state index contributed by atoms with van der Waals surface area (Å²) in [6.07, 6.45) is 1.73. The molecule has 0 bridgehead atoms. The van der Waals surface area contributed by atoms with Gasteiger partial charge >= 0.3 is 11.9 Å². The molecule has 0 radical (unpaired) electrons. The molecule has 0 aromatic rings. The summed E-state index contributed by atoms with van der Waals surface area (Å²) in [5.41, 5.74) is 0. The monoisotopic (exact) mass is 234 g/mol. The number of rotatable bonds is 3. The van der Waals surface area contributed by atoms with E-state index in [1.54, 1.807) is 20.8 Å². The van der Waals surface area contributed by atoms with E-state index in [9.17, 15) is 9.59 Å². The summed E-state index contributed by atoms with van der Waals surface area (Å²) in [6, 6.07) is 0. The third-order valence-corrected chi connectivity index (χ3v) is 0.942. The van der Waals surface area contributed by atoms with Crippen LogP contribution in [0.4, 0.5) is 0 Å². The molecule has 0 N–H and O–H groups in total. The van der Waals surface area contributed by atoms with Crippen LogP contribution < -0.4 is 0 Å². The van der Waals surface area contributed by atoms with Gasteiger partial charge in [-0.3, -0.25) is 9.59 Å². The minimum absolute atomic E-state index is 0.123. The van der Waals surface area contributed by atoms with E-state index in [1.165, 1.54) is 13.3 Å². The molecule has 0 saturated heterocycles. The molecule has 0 saturated carbocycles. The highest BCUT2D eigenvalue weighted by atomic mass is 16.5. The van der Waals surface area contributed by atoms with E-state index in [0.717, 1.165) is 0 Å². The van der Waals surface area contributed by atoms with Gasteiger partial charge in [-0.2, -0.15) is 0 Å². The summed E-state index contributed by atoms with van der Waals surface area (Å²) < 4.78 is 8.95. The Hall–Kier alpha value is -1.06. The summed E-state index contributed by atoms with van der Waals surface area (Å²) >= 11 is 0. The van der Waals surface area contributed by atoms with Crippen LogP contribution in [0.15, 0.2) is 0 Å². The van der Waals surface area contributed by atoms with E-state index in [0.29, 0.717) is 19.6 Å². The Morgan fingerprint density at radius 3 is 1.31 bits per heavy atom. The zero-order chi connectivity index (χ0) is 13.4. The molecule has 0 rings (SSSR count). The first-order valence-electron chi connectivity index (χ1n) is 5.78. The first-order chi connectivity index (χ1) is 7.49. The predicted molar refractivity (Wildman–Crippen MR) is 65.2 cm³/mol. The van der Waals surface area contributed by atoms with Gasteiger partial charge in [-0.1, -0.05) is 27.2 Å². The zero-order valence-corrected chi connectivity index (χ0v) is 11.5. The maximum atomic E-state index is 10.2. The number of esters is 2. The summed E-state index contributed by atoms with van der Waals surface area (Å²) in [7, 11) is 0. The van der Waals surface area contributed by atoms with Crippen LogP contribution in [0.25, 0.3) is 0 Å². The molecule has 4 nitrogen and oxygen atoms in total. The predicted octanol–water partition coefficient (Wildman–Crippen LogP) is 2.95. The highest BCUT2D eigenvalue weighted by Gasteiger charge is 1.91. The molecule has 98 valence electrons. The third-order valence-electron chi connectivity index (χ3n) is 0.942. The number of ether oxygens (including phenoxy) is 2. The Balaban J connectivity index is -0.000000172. The molecule has 4 heteroatoms. The van der Waals surface area contributed by atoms with Gasteiger partial charge in [-0.05, 0) is 13.8 Å². The molecular formula is C12H26O4. The molecule has 0 aromatic carbocycles. The number of hydrogen-bond acceptors (Lipinski definition) is 4. The molecule has 0 amide bonds. The van der Waals surface area contributed by atoms with Crippen LogP contribution in [0.3, 0.4) is 0 Å². The van der Waals surface area contributed by atoms with Gasteiger partial charge in [0.25, 0.3) is 0 Å². The van der Waals surface area contributed by atoms with Crippen molar-refractivity contribution in [1.82, 2.24) is 0 Å². The highest BCUT2D eigenvalue weighted by Crippen LogP contribution is 1.80. The summed E-state index contributed by atoms with van der Waals surface area (Å²) in [5, 5.41) is 0. The van der Waals surface area contributed by atoms with Gasteiger partial charge in [0.15, 0.2) is 0 Å². The Morgan fingerprint density at radius 2 is 1.25 bits per heavy atom.